The van der Waals surface area contributed by atoms with Crippen LogP contribution >= 0.6 is 11.5 Å². The molecule has 4 heteroatoms. The second kappa shape index (κ2) is 6.57. The van der Waals surface area contributed by atoms with Crippen LogP contribution in [-0.2, 0) is 0 Å². The van der Waals surface area contributed by atoms with E-state index in [1.807, 2.05) is 12.1 Å². The minimum absolute atomic E-state index is 0.678. The van der Waals surface area contributed by atoms with Crippen molar-refractivity contribution in [2.24, 2.45) is 0 Å². The highest BCUT2D eigenvalue weighted by Gasteiger charge is 2.05. The van der Waals surface area contributed by atoms with Gasteiger partial charge in [0.15, 0.2) is 0 Å². The summed E-state index contributed by atoms with van der Waals surface area (Å²) >= 11 is 1.49. The average molecular weight is 250 g/mol. The Balaban J connectivity index is 1.79. The van der Waals surface area contributed by atoms with Crippen molar-refractivity contribution in [2.45, 2.75) is 19.8 Å². The molecule has 1 N–H and O–H groups in total. The maximum absolute atomic E-state index is 5.68. The number of rotatable bonds is 7. The molecule has 0 aliphatic rings. The second-order valence-electron chi connectivity index (χ2n) is 3.94. The van der Waals surface area contributed by atoms with Crippen molar-refractivity contribution in [3.8, 4) is 5.88 Å². The summed E-state index contributed by atoms with van der Waals surface area (Å²) < 4.78 is 11.2. The standard InChI is InChI=1S/C13H18N2OS/c1-2-3-8-14-9-10-16-13-11-6-4-5-7-12(11)17-15-13/h4-7,14H,2-3,8-10H2,1H3. The monoisotopic (exact) mass is 250 g/mol. The molecule has 17 heavy (non-hydrogen) atoms. The molecule has 0 amide bonds. The first-order valence-electron chi connectivity index (χ1n) is 6.09. The highest BCUT2D eigenvalue weighted by molar-refractivity contribution is 7.13. The van der Waals surface area contributed by atoms with Gasteiger partial charge in [-0.2, -0.15) is 4.37 Å². The van der Waals surface area contributed by atoms with E-state index in [-0.39, 0.29) is 0 Å². The van der Waals surface area contributed by atoms with E-state index in [0.29, 0.717) is 6.61 Å². The fourth-order valence-electron chi connectivity index (χ4n) is 1.61. The SMILES string of the molecule is CCCCNCCOc1nsc2ccccc12. The molecule has 0 spiro atoms. The lowest BCUT2D eigenvalue weighted by atomic mass is 10.3. The third-order valence-corrected chi connectivity index (χ3v) is 3.38. The molecule has 0 aliphatic heterocycles. The first-order chi connectivity index (χ1) is 8.42. The second-order valence-corrected chi connectivity index (χ2v) is 4.74. The van der Waals surface area contributed by atoms with Gasteiger partial charge in [-0.1, -0.05) is 25.5 Å². The lowest BCUT2D eigenvalue weighted by Crippen LogP contribution is -2.22. The van der Waals surface area contributed by atoms with Crippen molar-refractivity contribution >= 4 is 21.6 Å². The molecule has 2 aromatic rings. The van der Waals surface area contributed by atoms with Crippen LogP contribution in [0.4, 0.5) is 0 Å². The Morgan fingerprint density at radius 2 is 2.18 bits per heavy atom. The summed E-state index contributed by atoms with van der Waals surface area (Å²) in [6.45, 7) is 4.82. The van der Waals surface area contributed by atoms with E-state index in [1.54, 1.807) is 0 Å². The Kier molecular flexibility index (Phi) is 4.76. The number of nitrogens with one attached hydrogen (secondary N) is 1. The van der Waals surface area contributed by atoms with Gasteiger partial charge in [0.25, 0.3) is 0 Å². The highest BCUT2D eigenvalue weighted by Crippen LogP contribution is 2.27. The Bertz CT molecular complexity index is 455. The molecular formula is C13H18N2OS. The van der Waals surface area contributed by atoms with Crippen LogP contribution < -0.4 is 10.1 Å². The summed E-state index contributed by atoms with van der Waals surface area (Å²) in [6.07, 6.45) is 2.45. The van der Waals surface area contributed by atoms with Crippen molar-refractivity contribution in [2.75, 3.05) is 19.7 Å². The van der Waals surface area contributed by atoms with Crippen LogP contribution in [-0.4, -0.2) is 24.1 Å². The van der Waals surface area contributed by atoms with E-state index in [0.717, 1.165) is 24.4 Å². The summed E-state index contributed by atoms with van der Waals surface area (Å²) in [6, 6.07) is 8.16. The molecule has 0 aliphatic carbocycles. The van der Waals surface area contributed by atoms with Crippen LogP contribution in [0.2, 0.25) is 0 Å². The number of nitrogens with zero attached hydrogens (tertiary/aromatic N) is 1. The molecule has 1 aromatic heterocycles. The van der Waals surface area contributed by atoms with Crippen molar-refractivity contribution < 1.29 is 4.74 Å². The van der Waals surface area contributed by atoms with Gasteiger partial charge in [0.05, 0.1) is 10.1 Å². The summed E-state index contributed by atoms with van der Waals surface area (Å²) in [5, 5.41) is 4.46. The fourth-order valence-corrected chi connectivity index (χ4v) is 2.34. The molecule has 2 rings (SSSR count). The van der Waals surface area contributed by atoms with Gasteiger partial charge in [0, 0.05) is 6.54 Å². The predicted octanol–water partition coefficient (Wildman–Crippen LogP) is 3.06. The van der Waals surface area contributed by atoms with Gasteiger partial charge < -0.3 is 10.1 Å². The molecule has 0 fully saturated rings. The van der Waals surface area contributed by atoms with Gasteiger partial charge >= 0.3 is 0 Å². The first kappa shape index (κ1) is 12.3. The summed E-state index contributed by atoms with van der Waals surface area (Å²) in [5.74, 6) is 0.767. The Labute approximate surface area is 106 Å². The average Bonchev–Trinajstić information content (AvgIpc) is 2.77. The topological polar surface area (TPSA) is 34.1 Å². The Morgan fingerprint density at radius 3 is 3.06 bits per heavy atom. The van der Waals surface area contributed by atoms with Crippen molar-refractivity contribution in [1.82, 2.24) is 9.69 Å². The molecule has 0 radical (unpaired) electrons. The third-order valence-electron chi connectivity index (χ3n) is 2.57. The number of benzene rings is 1. The molecule has 1 aromatic carbocycles. The minimum atomic E-state index is 0.678. The maximum atomic E-state index is 5.68. The number of unbranched alkanes of at least 4 members (excludes halogenated alkanes) is 1. The third kappa shape index (κ3) is 3.41. The van der Waals surface area contributed by atoms with Crippen molar-refractivity contribution in [3.05, 3.63) is 24.3 Å². The van der Waals surface area contributed by atoms with E-state index in [2.05, 4.69) is 28.7 Å². The van der Waals surface area contributed by atoms with Gasteiger partial charge in [0.2, 0.25) is 5.88 Å². The zero-order valence-electron chi connectivity index (χ0n) is 10.1. The summed E-state index contributed by atoms with van der Waals surface area (Å²) in [4.78, 5) is 0. The van der Waals surface area contributed by atoms with Crippen molar-refractivity contribution in [1.29, 1.82) is 0 Å². The van der Waals surface area contributed by atoms with Gasteiger partial charge in [-0.15, -0.1) is 0 Å². The summed E-state index contributed by atoms with van der Waals surface area (Å²) in [7, 11) is 0. The minimum Gasteiger partial charge on any atom is -0.475 e. The number of hydrogen-bond acceptors (Lipinski definition) is 4. The largest absolute Gasteiger partial charge is 0.475 e. The van der Waals surface area contributed by atoms with Crippen LogP contribution in [0.25, 0.3) is 10.1 Å². The van der Waals surface area contributed by atoms with E-state index in [4.69, 9.17) is 4.74 Å². The first-order valence-corrected chi connectivity index (χ1v) is 6.87. The molecule has 0 unspecified atom stereocenters. The number of fused-ring (bicyclic) bond motifs is 1. The number of aromatic nitrogens is 1. The van der Waals surface area contributed by atoms with E-state index >= 15 is 0 Å². The molecule has 0 bridgehead atoms. The van der Waals surface area contributed by atoms with Crippen LogP contribution in [0.15, 0.2) is 24.3 Å². The van der Waals surface area contributed by atoms with Gasteiger partial charge in [0.1, 0.15) is 6.61 Å². The number of hydrogen-bond donors (Lipinski definition) is 1. The zero-order chi connectivity index (χ0) is 11.9. The predicted molar refractivity (Wildman–Crippen MR) is 72.9 cm³/mol. The molecule has 1 heterocycles. The van der Waals surface area contributed by atoms with E-state index in [1.165, 1.54) is 29.1 Å². The quantitative estimate of drug-likeness (QED) is 0.767. The Hall–Kier alpha value is -1.13. The molecule has 0 saturated heterocycles. The lowest BCUT2D eigenvalue weighted by molar-refractivity contribution is 0.309. The Morgan fingerprint density at radius 1 is 1.29 bits per heavy atom. The summed E-state index contributed by atoms with van der Waals surface area (Å²) in [5.41, 5.74) is 0. The van der Waals surface area contributed by atoms with Crippen LogP contribution in [0.1, 0.15) is 19.8 Å². The van der Waals surface area contributed by atoms with Crippen LogP contribution in [0, 0.1) is 0 Å². The van der Waals surface area contributed by atoms with E-state index in [9.17, 15) is 0 Å². The van der Waals surface area contributed by atoms with Gasteiger partial charge in [-0.25, -0.2) is 0 Å². The smallest absolute Gasteiger partial charge is 0.233 e. The van der Waals surface area contributed by atoms with Crippen LogP contribution in [0.3, 0.4) is 0 Å². The molecule has 0 saturated carbocycles. The molecule has 0 atom stereocenters. The molecule has 3 nitrogen and oxygen atoms in total. The maximum Gasteiger partial charge on any atom is 0.233 e. The van der Waals surface area contributed by atoms with Gasteiger partial charge in [-0.3, -0.25) is 0 Å². The number of ether oxygens (including phenoxy) is 1. The van der Waals surface area contributed by atoms with Crippen LogP contribution in [0.5, 0.6) is 5.88 Å². The molecular weight excluding hydrogens is 232 g/mol. The molecule has 92 valence electrons. The van der Waals surface area contributed by atoms with E-state index < -0.39 is 0 Å². The highest BCUT2D eigenvalue weighted by atomic mass is 32.1. The van der Waals surface area contributed by atoms with Crippen molar-refractivity contribution in [3.63, 3.8) is 0 Å². The van der Waals surface area contributed by atoms with Gasteiger partial charge in [-0.05, 0) is 36.6 Å². The lowest BCUT2D eigenvalue weighted by Gasteiger charge is -2.05. The zero-order valence-corrected chi connectivity index (χ0v) is 10.9. The normalized spacial score (nSPS) is 10.9. The fraction of sp³-hybridized carbons (Fsp3) is 0.462.